The Balaban J connectivity index is 1.71. The Hall–Kier alpha value is -2.07. The summed E-state index contributed by atoms with van der Waals surface area (Å²) in [4.78, 5) is 4.69. The van der Waals surface area contributed by atoms with Crippen LogP contribution in [-0.2, 0) is 0 Å². The molecule has 2 aromatic carbocycles. The van der Waals surface area contributed by atoms with E-state index in [4.69, 9.17) is 10.7 Å². The van der Waals surface area contributed by atoms with Crippen molar-refractivity contribution in [2.24, 2.45) is 0 Å². The minimum atomic E-state index is 0.789. The molecule has 120 valence electrons. The van der Waals surface area contributed by atoms with Crippen LogP contribution in [-0.4, -0.2) is 11.5 Å². The predicted octanol–water partition coefficient (Wildman–Crippen LogP) is 5.54. The highest BCUT2D eigenvalue weighted by Gasteiger charge is 2.08. The molecule has 0 atom stereocenters. The van der Waals surface area contributed by atoms with Crippen LogP contribution >= 0.6 is 11.3 Å². The third kappa shape index (κ3) is 3.82. The lowest BCUT2D eigenvalue weighted by atomic mass is 10.1. The predicted molar refractivity (Wildman–Crippen MR) is 102 cm³/mol. The lowest BCUT2D eigenvalue weighted by Crippen LogP contribution is -2.04. The van der Waals surface area contributed by atoms with Crippen molar-refractivity contribution in [1.29, 1.82) is 0 Å². The average Bonchev–Trinajstić information content (AvgIpc) is 3.00. The molecule has 0 aliphatic carbocycles. The van der Waals surface area contributed by atoms with E-state index in [1.54, 1.807) is 11.3 Å². The van der Waals surface area contributed by atoms with Gasteiger partial charge in [-0.3, -0.25) is 0 Å². The number of nitrogens with zero attached hydrogens (tertiary/aromatic N) is 1. The molecule has 0 saturated heterocycles. The number of nitrogens with two attached hydrogens (primary N) is 1. The second kappa shape index (κ2) is 7.47. The molecule has 3 rings (SSSR count). The summed E-state index contributed by atoms with van der Waals surface area (Å²) in [6, 6.07) is 14.4. The van der Waals surface area contributed by atoms with Gasteiger partial charge in [-0.25, -0.2) is 4.98 Å². The molecule has 0 unspecified atom stereocenters. The number of para-hydroxylation sites is 1. The second-order valence-electron chi connectivity index (χ2n) is 5.78. The van der Waals surface area contributed by atoms with Gasteiger partial charge in [-0.05, 0) is 36.8 Å². The molecule has 0 saturated carbocycles. The average molecular weight is 325 g/mol. The number of unbranched alkanes of at least 4 members (excludes halogenated alkanes) is 3. The maximum absolute atomic E-state index is 6.21. The first-order chi connectivity index (χ1) is 11.3. The molecule has 3 nitrogen and oxygen atoms in total. The molecule has 3 N–H and O–H groups in total. The van der Waals surface area contributed by atoms with Crippen molar-refractivity contribution in [3.05, 3.63) is 42.5 Å². The number of nitrogen functional groups attached to an aromatic ring is 1. The van der Waals surface area contributed by atoms with Crippen LogP contribution in [0.4, 0.5) is 11.4 Å². The number of nitrogens with one attached hydrogen (secondary N) is 1. The van der Waals surface area contributed by atoms with Crippen molar-refractivity contribution >= 4 is 32.9 Å². The molecule has 0 aliphatic heterocycles. The van der Waals surface area contributed by atoms with Gasteiger partial charge in [-0.15, -0.1) is 11.3 Å². The molecule has 0 aliphatic rings. The summed E-state index contributed by atoms with van der Waals surface area (Å²) in [5, 5.41) is 4.46. The zero-order valence-corrected chi connectivity index (χ0v) is 14.3. The van der Waals surface area contributed by atoms with Gasteiger partial charge in [0.25, 0.3) is 0 Å². The van der Waals surface area contributed by atoms with Crippen molar-refractivity contribution in [3.8, 4) is 10.6 Å². The second-order valence-corrected chi connectivity index (χ2v) is 6.81. The van der Waals surface area contributed by atoms with Gasteiger partial charge in [0, 0.05) is 12.1 Å². The summed E-state index contributed by atoms with van der Waals surface area (Å²) in [5.41, 5.74) is 10.1. The number of rotatable bonds is 7. The van der Waals surface area contributed by atoms with Crippen molar-refractivity contribution < 1.29 is 0 Å². The number of hydrogen-bond acceptors (Lipinski definition) is 4. The van der Waals surface area contributed by atoms with Crippen molar-refractivity contribution in [2.75, 3.05) is 17.6 Å². The molecule has 0 bridgehead atoms. The smallest absolute Gasteiger partial charge is 0.124 e. The van der Waals surface area contributed by atoms with Crippen LogP contribution in [0.1, 0.15) is 32.6 Å². The summed E-state index contributed by atoms with van der Waals surface area (Å²) in [5.74, 6) is 0. The lowest BCUT2D eigenvalue weighted by Gasteiger charge is -2.10. The van der Waals surface area contributed by atoms with E-state index in [1.165, 1.54) is 30.4 Å². The van der Waals surface area contributed by atoms with Gasteiger partial charge in [-0.2, -0.15) is 0 Å². The van der Waals surface area contributed by atoms with Crippen molar-refractivity contribution in [1.82, 2.24) is 4.98 Å². The van der Waals surface area contributed by atoms with Crippen LogP contribution < -0.4 is 11.1 Å². The topological polar surface area (TPSA) is 50.9 Å². The third-order valence-corrected chi connectivity index (χ3v) is 5.02. The van der Waals surface area contributed by atoms with E-state index < -0.39 is 0 Å². The first-order valence-corrected chi connectivity index (χ1v) is 9.09. The summed E-state index contributed by atoms with van der Waals surface area (Å²) in [6.07, 6.45) is 5.02. The maximum Gasteiger partial charge on any atom is 0.124 e. The number of aromatic nitrogens is 1. The van der Waals surface area contributed by atoms with E-state index in [-0.39, 0.29) is 0 Å². The van der Waals surface area contributed by atoms with Gasteiger partial charge in [-0.1, -0.05) is 38.3 Å². The quantitative estimate of drug-likeness (QED) is 0.443. The number of hydrogen-bond donors (Lipinski definition) is 2. The summed E-state index contributed by atoms with van der Waals surface area (Å²) in [6.45, 7) is 3.21. The van der Waals surface area contributed by atoms with Crippen LogP contribution in [0.2, 0.25) is 0 Å². The fraction of sp³-hybridized carbons (Fsp3) is 0.316. The van der Waals surface area contributed by atoms with Gasteiger partial charge in [0.15, 0.2) is 0 Å². The summed E-state index contributed by atoms with van der Waals surface area (Å²) < 4.78 is 1.21. The Bertz CT molecular complexity index is 746. The van der Waals surface area contributed by atoms with Crippen LogP contribution in [0.5, 0.6) is 0 Å². The number of thiazole rings is 1. The number of fused-ring (bicyclic) bond motifs is 1. The normalized spacial score (nSPS) is 11.0. The van der Waals surface area contributed by atoms with Crippen molar-refractivity contribution in [2.45, 2.75) is 32.6 Å². The molecule has 0 spiro atoms. The van der Waals surface area contributed by atoms with Crippen LogP contribution in [0.25, 0.3) is 20.8 Å². The molecular formula is C19H23N3S. The van der Waals surface area contributed by atoms with Gasteiger partial charge < -0.3 is 11.1 Å². The van der Waals surface area contributed by atoms with Crippen LogP contribution in [0.3, 0.4) is 0 Å². The van der Waals surface area contributed by atoms with Gasteiger partial charge in [0.1, 0.15) is 5.01 Å². The third-order valence-electron chi connectivity index (χ3n) is 3.94. The highest BCUT2D eigenvalue weighted by molar-refractivity contribution is 7.21. The largest absolute Gasteiger partial charge is 0.397 e. The fourth-order valence-electron chi connectivity index (χ4n) is 2.63. The number of benzene rings is 2. The molecule has 3 aromatic rings. The Kier molecular flexibility index (Phi) is 5.13. The Labute approximate surface area is 141 Å². The monoisotopic (exact) mass is 325 g/mol. The molecule has 0 amide bonds. The van der Waals surface area contributed by atoms with E-state index in [0.29, 0.717) is 0 Å². The fourth-order valence-corrected chi connectivity index (χ4v) is 3.59. The zero-order valence-electron chi connectivity index (χ0n) is 13.5. The molecule has 23 heavy (non-hydrogen) atoms. The van der Waals surface area contributed by atoms with E-state index in [0.717, 1.165) is 34.0 Å². The maximum atomic E-state index is 6.21. The zero-order chi connectivity index (χ0) is 16.1. The minimum Gasteiger partial charge on any atom is -0.397 e. The van der Waals surface area contributed by atoms with Gasteiger partial charge in [0.05, 0.1) is 21.6 Å². The summed E-state index contributed by atoms with van der Waals surface area (Å²) in [7, 11) is 0. The highest BCUT2D eigenvalue weighted by atomic mass is 32.1. The molecule has 0 radical (unpaired) electrons. The molecule has 1 aromatic heterocycles. The molecule has 4 heteroatoms. The van der Waals surface area contributed by atoms with E-state index in [9.17, 15) is 0 Å². The molecule has 0 fully saturated rings. The standard InChI is InChI=1S/C19H23N3S/c1-2-3-4-7-12-21-16-11-10-14(13-15(16)20)19-22-17-8-5-6-9-18(17)23-19/h5-6,8-11,13,21H,2-4,7,12,20H2,1H3. The van der Waals surface area contributed by atoms with Crippen LogP contribution in [0, 0.1) is 0 Å². The first kappa shape index (κ1) is 15.8. The van der Waals surface area contributed by atoms with Crippen molar-refractivity contribution in [3.63, 3.8) is 0 Å². The van der Waals surface area contributed by atoms with E-state index in [1.807, 2.05) is 24.3 Å². The lowest BCUT2D eigenvalue weighted by molar-refractivity contribution is 0.685. The van der Waals surface area contributed by atoms with Gasteiger partial charge in [0.2, 0.25) is 0 Å². The van der Waals surface area contributed by atoms with Gasteiger partial charge >= 0.3 is 0 Å². The molecular weight excluding hydrogens is 302 g/mol. The molecule has 1 heterocycles. The minimum absolute atomic E-state index is 0.789. The SMILES string of the molecule is CCCCCCNc1ccc(-c2nc3ccccc3s2)cc1N. The Morgan fingerprint density at radius 2 is 1.96 bits per heavy atom. The van der Waals surface area contributed by atoms with E-state index >= 15 is 0 Å². The van der Waals surface area contributed by atoms with Crippen LogP contribution in [0.15, 0.2) is 42.5 Å². The highest BCUT2D eigenvalue weighted by Crippen LogP contribution is 2.32. The Morgan fingerprint density at radius 1 is 1.09 bits per heavy atom. The first-order valence-electron chi connectivity index (χ1n) is 8.27. The number of anilines is 2. The van der Waals surface area contributed by atoms with E-state index in [2.05, 4.69) is 30.4 Å². The Morgan fingerprint density at radius 3 is 2.74 bits per heavy atom. The summed E-state index contributed by atoms with van der Waals surface area (Å²) >= 11 is 1.70.